The molecule has 1 fully saturated rings. The summed E-state index contributed by atoms with van der Waals surface area (Å²) >= 11 is 12.1. The van der Waals surface area contributed by atoms with Gasteiger partial charge in [-0.05, 0) is 37.4 Å². The molecule has 2 rings (SSSR count). The molecule has 0 aromatic heterocycles. The number of rotatable bonds is 7. The number of nitrogens with one attached hydrogen (secondary N) is 1. The minimum Gasteiger partial charge on any atom is -0.378 e. The summed E-state index contributed by atoms with van der Waals surface area (Å²) in [5, 5.41) is 4.65. The van der Waals surface area contributed by atoms with Gasteiger partial charge in [0.1, 0.15) is 0 Å². The topological polar surface area (TPSA) is 21.3 Å². The molecule has 4 heteroatoms. The Morgan fingerprint density at radius 2 is 1.95 bits per heavy atom. The van der Waals surface area contributed by atoms with Crippen LogP contribution >= 0.6 is 23.2 Å². The van der Waals surface area contributed by atoms with E-state index >= 15 is 0 Å². The Morgan fingerprint density at radius 3 is 2.75 bits per heavy atom. The van der Waals surface area contributed by atoms with Crippen LogP contribution in [0, 0.1) is 0 Å². The van der Waals surface area contributed by atoms with Gasteiger partial charge >= 0.3 is 0 Å². The maximum atomic E-state index is 6.14. The van der Waals surface area contributed by atoms with Crippen LogP contribution in [0.1, 0.15) is 44.1 Å². The summed E-state index contributed by atoms with van der Waals surface area (Å²) in [6.45, 7) is 2.54. The maximum Gasteiger partial charge on any atom is 0.0637 e. The molecule has 0 spiro atoms. The van der Waals surface area contributed by atoms with Gasteiger partial charge in [-0.1, -0.05) is 54.6 Å². The Bertz CT molecular complexity index is 405. The van der Waals surface area contributed by atoms with Gasteiger partial charge in [-0.15, -0.1) is 0 Å². The van der Waals surface area contributed by atoms with Crippen LogP contribution in [0.5, 0.6) is 0 Å². The van der Waals surface area contributed by atoms with Crippen LogP contribution in [0.2, 0.25) is 10.0 Å². The lowest BCUT2D eigenvalue weighted by Gasteiger charge is -2.21. The van der Waals surface area contributed by atoms with Gasteiger partial charge in [0.25, 0.3) is 0 Å². The number of benzene rings is 1. The third kappa shape index (κ3) is 5.25. The van der Waals surface area contributed by atoms with Crippen LogP contribution in [-0.2, 0) is 11.3 Å². The highest BCUT2D eigenvalue weighted by molar-refractivity contribution is 6.42. The molecule has 2 nitrogen and oxygen atoms in total. The Kier molecular flexibility index (Phi) is 7.15. The van der Waals surface area contributed by atoms with Crippen LogP contribution in [0.25, 0.3) is 0 Å². The van der Waals surface area contributed by atoms with Gasteiger partial charge in [0.05, 0.1) is 16.1 Å². The average molecular weight is 316 g/mol. The fraction of sp³-hybridized carbons (Fsp3) is 0.625. The lowest BCUT2D eigenvalue weighted by Crippen LogP contribution is -2.20. The van der Waals surface area contributed by atoms with Gasteiger partial charge in [-0.25, -0.2) is 0 Å². The van der Waals surface area contributed by atoms with E-state index in [1.165, 1.54) is 32.1 Å². The number of hydrogen-bond donors (Lipinski definition) is 1. The molecular formula is C16H23Cl2NO. The third-order valence-corrected chi connectivity index (χ3v) is 4.61. The Balaban J connectivity index is 1.56. The lowest BCUT2D eigenvalue weighted by molar-refractivity contribution is 0.0273. The van der Waals surface area contributed by atoms with Crippen molar-refractivity contribution in [2.75, 3.05) is 13.2 Å². The van der Waals surface area contributed by atoms with Crippen LogP contribution < -0.4 is 5.32 Å². The minimum atomic E-state index is 0.506. The van der Waals surface area contributed by atoms with Gasteiger partial charge in [-0.3, -0.25) is 0 Å². The molecule has 0 aliphatic heterocycles. The number of hydrogen-bond acceptors (Lipinski definition) is 2. The van der Waals surface area contributed by atoms with Crippen molar-refractivity contribution in [3.8, 4) is 0 Å². The highest BCUT2D eigenvalue weighted by Crippen LogP contribution is 2.25. The van der Waals surface area contributed by atoms with Gasteiger partial charge in [-0.2, -0.15) is 0 Å². The van der Waals surface area contributed by atoms with E-state index in [-0.39, 0.29) is 0 Å². The molecule has 112 valence electrons. The molecule has 1 saturated carbocycles. The van der Waals surface area contributed by atoms with Crippen molar-refractivity contribution in [3.05, 3.63) is 33.8 Å². The van der Waals surface area contributed by atoms with Crippen molar-refractivity contribution in [3.63, 3.8) is 0 Å². The zero-order valence-corrected chi connectivity index (χ0v) is 13.3. The standard InChI is InChI=1S/C16H23Cl2NO/c17-15-9-4-6-13(16(15)18)12-19-10-5-11-20-14-7-2-1-3-8-14/h4,6,9,14,19H,1-3,5,7-8,10-12H2. The zero-order valence-electron chi connectivity index (χ0n) is 11.8. The quantitative estimate of drug-likeness (QED) is 0.728. The van der Waals surface area contributed by atoms with Gasteiger partial charge in [0.2, 0.25) is 0 Å². The van der Waals surface area contributed by atoms with Gasteiger partial charge in [0.15, 0.2) is 0 Å². The SMILES string of the molecule is Clc1cccc(CNCCCOC2CCCCC2)c1Cl. The van der Waals surface area contributed by atoms with E-state index in [0.717, 1.165) is 31.7 Å². The highest BCUT2D eigenvalue weighted by Gasteiger charge is 2.12. The third-order valence-electron chi connectivity index (χ3n) is 3.75. The molecule has 1 N–H and O–H groups in total. The van der Waals surface area contributed by atoms with Crippen molar-refractivity contribution in [1.29, 1.82) is 0 Å². The summed E-state index contributed by atoms with van der Waals surface area (Å²) in [5.41, 5.74) is 1.05. The Hall–Kier alpha value is -0.280. The summed E-state index contributed by atoms with van der Waals surface area (Å²) in [6, 6.07) is 5.74. The molecule has 0 amide bonds. The first kappa shape index (κ1) is 16.1. The van der Waals surface area contributed by atoms with Crippen LogP contribution in [0.3, 0.4) is 0 Å². The first-order valence-electron chi connectivity index (χ1n) is 7.52. The van der Waals surface area contributed by atoms with Crippen LogP contribution in [-0.4, -0.2) is 19.3 Å². The van der Waals surface area contributed by atoms with E-state index in [0.29, 0.717) is 16.1 Å². The molecule has 0 saturated heterocycles. The molecule has 1 aromatic carbocycles. The average Bonchev–Trinajstić information content (AvgIpc) is 2.48. The fourth-order valence-corrected chi connectivity index (χ4v) is 2.97. The first-order chi connectivity index (χ1) is 9.77. The Morgan fingerprint density at radius 1 is 1.15 bits per heavy atom. The second kappa shape index (κ2) is 8.89. The molecule has 1 aromatic rings. The van der Waals surface area contributed by atoms with Crippen LogP contribution in [0.4, 0.5) is 0 Å². The number of ether oxygens (including phenoxy) is 1. The zero-order chi connectivity index (χ0) is 14.2. The molecule has 0 atom stereocenters. The van der Waals surface area contributed by atoms with Gasteiger partial charge in [0, 0.05) is 13.2 Å². The first-order valence-corrected chi connectivity index (χ1v) is 8.28. The Labute approximate surface area is 131 Å². The normalized spacial score (nSPS) is 16.5. The molecule has 1 aliphatic rings. The second-order valence-corrected chi connectivity index (χ2v) is 6.16. The molecule has 20 heavy (non-hydrogen) atoms. The minimum absolute atomic E-state index is 0.506. The van der Waals surface area contributed by atoms with E-state index in [1.807, 2.05) is 18.2 Å². The maximum absolute atomic E-state index is 6.14. The van der Waals surface area contributed by atoms with E-state index in [1.54, 1.807) is 0 Å². The van der Waals surface area contributed by atoms with Crippen molar-refractivity contribution in [1.82, 2.24) is 5.32 Å². The van der Waals surface area contributed by atoms with Crippen molar-refractivity contribution < 1.29 is 4.74 Å². The van der Waals surface area contributed by atoms with E-state index in [2.05, 4.69) is 5.32 Å². The molecule has 0 radical (unpaired) electrons. The molecular weight excluding hydrogens is 293 g/mol. The fourth-order valence-electron chi connectivity index (χ4n) is 2.59. The van der Waals surface area contributed by atoms with E-state index in [9.17, 15) is 0 Å². The lowest BCUT2D eigenvalue weighted by atomic mass is 9.98. The highest BCUT2D eigenvalue weighted by atomic mass is 35.5. The van der Waals surface area contributed by atoms with Crippen molar-refractivity contribution in [2.24, 2.45) is 0 Å². The largest absolute Gasteiger partial charge is 0.378 e. The summed E-state index contributed by atoms with van der Waals surface area (Å²) in [7, 11) is 0. The summed E-state index contributed by atoms with van der Waals surface area (Å²) in [4.78, 5) is 0. The van der Waals surface area contributed by atoms with E-state index < -0.39 is 0 Å². The van der Waals surface area contributed by atoms with E-state index in [4.69, 9.17) is 27.9 Å². The monoisotopic (exact) mass is 315 g/mol. The number of halogens is 2. The van der Waals surface area contributed by atoms with Crippen LogP contribution in [0.15, 0.2) is 18.2 Å². The predicted molar refractivity (Wildman–Crippen MR) is 85.6 cm³/mol. The molecule has 0 bridgehead atoms. The molecule has 0 unspecified atom stereocenters. The predicted octanol–water partition coefficient (Wildman–Crippen LogP) is 4.82. The second-order valence-electron chi connectivity index (χ2n) is 5.37. The summed E-state index contributed by atoms with van der Waals surface area (Å²) < 4.78 is 5.89. The van der Waals surface area contributed by atoms with Crippen molar-refractivity contribution >= 4 is 23.2 Å². The summed E-state index contributed by atoms with van der Waals surface area (Å²) in [6.07, 6.45) is 8.06. The smallest absolute Gasteiger partial charge is 0.0637 e. The van der Waals surface area contributed by atoms with Crippen molar-refractivity contribution in [2.45, 2.75) is 51.2 Å². The molecule has 0 heterocycles. The molecule has 1 aliphatic carbocycles. The summed E-state index contributed by atoms with van der Waals surface area (Å²) in [5.74, 6) is 0. The van der Waals surface area contributed by atoms with Gasteiger partial charge < -0.3 is 10.1 Å².